The van der Waals surface area contributed by atoms with E-state index in [1.165, 1.54) is 31.5 Å². The van der Waals surface area contributed by atoms with E-state index in [1.807, 2.05) is 12.1 Å². The molecule has 0 radical (unpaired) electrons. The molecule has 1 heterocycles. The lowest BCUT2D eigenvalue weighted by Gasteiger charge is -2.16. The average Bonchev–Trinajstić information content (AvgIpc) is 3.15. The molecule has 0 bridgehead atoms. The summed E-state index contributed by atoms with van der Waals surface area (Å²) < 4.78 is 22.0. The first-order valence-corrected chi connectivity index (χ1v) is 8.52. The van der Waals surface area contributed by atoms with Gasteiger partial charge < -0.3 is 18.9 Å². The third-order valence-corrected chi connectivity index (χ3v) is 4.40. The van der Waals surface area contributed by atoms with Gasteiger partial charge in [0.1, 0.15) is 11.5 Å². The highest BCUT2D eigenvalue weighted by atomic mass is 16.5. The van der Waals surface area contributed by atoms with E-state index in [-0.39, 0.29) is 0 Å². The van der Waals surface area contributed by atoms with Crippen LogP contribution in [0.2, 0.25) is 0 Å². The molecule has 0 N–H and O–H groups in total. The maximum Gasteiger partial charge on any atom is 0.203 e. The number of hydrogen-bond donors (Lipinski definition) is 0. The van der Waals surface area contributed by atoms with E-state index in [9.17, 15) is 0 Å². The standard InChI is InChI=1S/C20H25NO4/c1-22-18-12-17(13-19(23-2)20(18)24-3)25-16-8-6-15(7-9-16)14-21-10-4-5-11-21/h6-9,12-13H,4-5,10-11,14H2,1-3H3. The molecule has 1 aliphatic heterocycles. The van der Waals surface area contributed by atoms with E-state index in [0.717, 1.165) is 12.3 Å². The van der Waals surface area contributed by atoms with Crippen molar-refractivity contribution in [3.63, 3.8) is 0 Å². The Balaban J connectivity index is 1.73. The molecular formula is C20H25NO4. The van der Waals surface area contributed by atoms with Crippen molar-refractivity contribution >= 4 is 0 Å². The van der Waals surface area contributed by atoms with Gasteiger partial charge in [0.05, 0.1) is 21.3 Å². The molecule has 0 amide bonds. The van der Waals surface area contributed by atoms with Gasteiger partial charge in [-0.25, -0.2) is 0 Å². The normalized spacial score (nSPS) is 14.4. The molecule has 25 heavy (non-hydrogen) atoms. The summed E-state index contributed by atoms with van der Waals surface area (Å²) in [5.74, 6) is 3.12. The van der Waals surface area contributed by atoms with Gasteiger partial charge in [0.25, 0.3) is 0 Å². The van der Waals surface area contributed by atoms with Crippen LogP contribution in [-0.4, -0.2) is 39.3 Å². The molecule has 0 spiro atoms. The minimum atomic E-state index is 0.554. The van der Waals surface area contributed by atoms with Crippen LogP contribution in [0.25, 0.3) is 0 Å². The Kier molecular flexibility index (Phi) is 5.66. The molecule has 1 saturated heterocycles. The molecule has 3 rings (SSSR count). The fourth-order valence-corrected chi connectivity index (χ4v) is 3.11. The SMILES string of the molecule is COc1cc(Oc2ccc(CN3CCCC3)cc2)cc(OC)c1OC. The van der Waals surface area contributed by atoms with Crippen molar-refractivity contribution in [1.82, 2.24) is 4.90 Å². The maximum absolute atomic E-state index is 5.96. The van der Waals surface area contributed by atoms with Crippen LogP contribution in [0.15, 0.2) is 36.4 Å². The number of rotatable bonds is 7. The second kappa shape index (κ2) is 8.12. The van der Waals surface area contributed by atoms with Crippen LogP contribution < -0.4 is 18.9 Å². The van der Waals surface area contributed by atoms with Crippen LogP contribution in [0.4, 0.5) is 0 Å². The molecule has 5 nitrogen and oxygen atoms in total. The van der Waals surface area contributed by atoms with Crippen molar-refractivity contribution in [2.45, 2.75) is 19.4 Å². The van der Waals surface area contributed by atoms with Gasteiger partial charge in [0, 0.05) is 18.7 Å². The Labute approximate surface area is 149 Å². The molecule has 0 saturated carbocycles. The van der Waals surface area contributed by atoms with Gasteiger partial charge in [0.15, 0.2) is 11.5 Å². The van der Waals surface area contributed by atoms with Gasteiger partial charge in [-0.1, -0.05) is 12.1 Å². The molecule has 0 atom stereocenters. The lowest BCUT2D eigenvalue weighted by Crippen LogP contribution is -2.18. The molecule has 5 heteroatoms. The summed E-state index contributed by atoms with van der Waals surface area (Å²) in [6.07, 6.45) is 2.62. The number of methoxy groups -OCH3 is 3. The number of nitrogens with zero attached hydrogens (tertiary/aromatic N) is 1. The Hall–Kier alpha value is -2.40. The quantitative estimate of drug-likeness (QED) is 0.757. The molecular weight excluding hydrogens is 318 g/mol. The van der Waals surface area contributed by atoms with Crippen molar-refractivity contribution < 1.29 is 18.9 Å². The number of hydrogen-bond acceptors (Lipinski definition) is 5. The Morgan fingerprint density at radius 2 is 1.40 bits per heavy atom. The number of ether oxygens (including phenoxy) is 4. The van der Waals surface area contributed by atoms with Gasteiger partial charge in [-0.2, -0.15) is 0 Å². The fraction of sp³-hybridized carbons (Fsp3) is 0.400. The van der Waals surface area contributed by atoms with E-state index in [1.54, 1.807) is 33.5 Å². The van der Waals surface area contributed by atoms with Crippen molar-refractivity contribution in [3.8, 4) is 28.7 Å². The molecule has 0 unspecified atom stereocenters. The number of benzene rings is 2. The van der Waals surface area contributed by atoms with Gasteiger partial charge >= 0.3 is 0 Å². The first-order valence-electron chi connectivity index (χ1n) is 8.52. The summed E-state index contributed by atoms with van der Waals surface area (Å²) >= 11 is 0. The highest BCUT2D eigenvalue weighted by Crippen LogP contribution is 2.41. The van der Waals surface area contributed by atoms with E-state index >= 15 is 0 Å². The third kappa shape index (κ3) is 4.17. The van der Waals surface area contributed by atoms with Crippen LogP contribution in [0.3, 0.4) is 0 Å². The van der Waals surface area contributed by atoms with Crippen molar-refractivity contribution in [2.75, 3.05) is 34.4 Å². The van der Waals surface area contributed by atoms with Gasteiger partial charge in [-0.05, 0) is 43.6 Å². The van der Waals surface area contributed by atoms with Gasteiger partial charge in [-0.15, -0.1) is 0 Å². The van der Waals surface area contributed by atoms with Crippen LogP contribution >= 0.6 is 0 Å². The van der Waals surface area contributed by atoms with Crippen LogP contribution in [0.1, 0.15) is 18.4 Å². The third-order valence-electron chi connectivity index (χ3n) is 4.40. The highest BCUT2D eigenvalue weighted by molar-refractivity contribution is 5.56. The summed E-state index contributed by atoms with van der Waals surface area (Å²) in [4.78, 5) is 2.48. The van der Waals surface area contributed by atoms with E-state index in [0.29, 0.717) is 23.0 Å². The molecule has 0 aliphatic carbocycles. The lowest BCUT2D eigenvalue weighted by atomic mass is 10.2. The molecule has 0 aromatic heterocycles. The van der Waals surface area contributed by atoms with Gasteiger partial charge in [0.2, 0.25) is 5.75 Å². The summed E-state index contributed by atoms with van der Waals surface area (Å²) in [6.45, 7) is 3.40. The predicted octanol–water partition coefficient (Wildman–Crippen LogP) is 4.10. The minimum absolute atomic E-state index is 0.554. The Morgan fingerprint density at radius 1 is 0.800 bits per heavy atom. The average molecular weight is 343 g/mol. The topological polar surface area (TPSA) is 40.2 Å². The van der Waals surface area contributed by atoms with Crippen LogP contribution in [0, 0.1) is 0 Å². The molecule has 2 aromatic rings. The summed E-state index contributed by atoms with van der Waals surface area (Å²) in [5, 5.41) is 0. The predicted molar refractivity (Wildman–Crippen MR) is 97.1 cm³/mol. The fourth-order valence-electron chi connectivity index (χ4n) is 3.11. The molecule has 1 aliphatic rings. The lowest BCUT2D eigenvalue weighted by molar-refractivity contribution is 0.321. The van der Waals surface area contributed by atoms with Crippen molar-refractivity contribution in [3.05, 3.63) is 42.0 Å². The van der Waals surface area contributed by atoms with E-state index in [4.69, 9.17) is 18.9 Å². The summed E-state index contributed by atoms with van der Waals surface area (Å²) in [7, 11) is 4.77. The molecule has 2 aromatic carbocycles. The zero-order chi connectivity index (χ0) is 17.6. The monoisotopic (exact) mass is 343 g/mol. The van der Waals surface area contributed by atoms with Crippen molar-refractivity contribution in [1.29, 1.82) is 0 Å². The van der Waals surface area contributed by atoms with Crippen LogP contribution in [-0.2, 0) is 6.54 Å². The van der Waals surface area contributed by atoms with E-state index in [2.05, 4.69) is 17.0 Å². The number of likely N-dealkylation sites (tertiary alicyclic amines) is 1. The minimum Gasteiger partial charge on any atom is -0.493 e. The molecule has 134 valence electrons. The second-order valence-corrected chi connectivity index (χ2v) is 6.09. The van der Waals surface area contributed by atoms with E-state index < -0.39 is 0 Å². The molecule has 1 fully saturated rings. The zero-order valence-corrected chi connectivity index (χ0v) is 15.1. The smallest absolute Gasteiger partial charge is 0.203 e. The highest BCUT2D eigenvalue weighted by Gasteiger charge is 2.15. The summed E-state index contributed by atoms with van der Waals surface area (Å²) in [5.41, 5.74) is 1.30. The van der Waals surface area contributed by atoms with Crippen molar-refractivity contribution in [2.24, 2.45) is 0 Å². The maximum atomic E-state index is 5.96. The van der Waals surface area contributed by atoms with Gasteiger partial charge in [-0.3, -0.25) is 4.90 Å². The zero-order valence-electron chi connectivity index (χ0n) is 15.1. The first kappa shape index (κ1) is 17.4. The Bertz CT molecular complexity index is 668. The van der Waals surface area contributed by atoms with Crippen LogP contribution in [0.5, 0.6) is 28.7 Å². The first-order chi connectivity index (χ1) is 12.2. The summed E-state index contributed by atoms with van der Waals surface area (Å²) in [6, 6.07) is 11.8. The second-order valence-electron chi connectivity index (χ2n) is 6.09. The largest absolute Gasteiger partial charge is 0.493 e. The Morgan fingerprint density at radius 3 is 1.92 bits per heavy atom.